The van der Waals surface area contributed by atoms with Crippen molar-refractivity contribution >= 4 is 16.7 Å². The maximum Gasteiger partial charge on any atom is 0.137 e. The summed E-state index contributed by atoms with van der Waals surface area (Å²) in [7, 11) is 0. The minimum Gasteiger partial charge on any atom is -0.381 e. The van der Waals surface area contributed by atoms with E-state index < -0.39 is 0 Å². The molecule has 1 atom stereocenters. The summed E-state index contributed by atoms with van der Waals surface area (Å²) >= 11 is 0. The van der Waals surface area contributed by atoms with Crippen molar-refractivity contribution in [2.45, 2.75) is 38.3 Å². The van der Waals surface area contributed by atoms with E-state index in [9.17, 15) is 0 Å². The molecule has 1 aromatic heterocycles. The van der Waals surface area contributed by atoms with Crippen molar-refractivity contribution in [3.63, 3.8) is 0 Å². The Hall–Kier alpha value is -2.50. The highest BCUT2D eigenvalue weighted by Crippen LogP contribution is 2.27. The minimum atomic E-state index is -0.0331. The molecule has 3 aromatic rings. The molecule has 5 heteroatoms. The van der Waals surface area contributed by atoms with Crippen LogP contribution in [-0.4, -0.2) is 35.3 Å². The van der Waals surface area contributed by atoms with E-state index in [1.165, 1.54) is 11.1 Å². The quantitative estimate of drug-likeness (QED) is 0.673. The SMILES string of the molecule is Cc1ccc2ncnc(NCC3(NC(C)c4ccccc4)CCOCC3)c2c1. The van der Waals surface area contributed by atoms with Gasteiger partial charge in [0.1, 0.15) is 12.1 Å². The predicted octanol–water partition coefficient (Wildman–Crippen LogP) is 4.25. The van der Waals surface area contributed by atoms with Gasteiger partial charge in [0.05, 0.1) is 5.52 Å². The summed E-state index contributed by atoms with van der Waals surface area (Å²) in [5.74, 6) is 0.897. The molecule has 0 amide bonds. The summed E-state index contributed by atoms with van der Waals surface area (Å²) in [6, 6.07) is 17.2. The zero-order chi connectivity index (χ0) is 19.4. The molecule has 28 heavy (non-hydrogen) atoms. The fourth-order valence-electron chi connectivity index (χ4n) is 3.98. The zero-order valence-electron chi connectivity index (χ0n) is 16.6. The Morgan fingerprint density at radius 2 is 1.86 bits per heavy atom. The number of rotatable bonds is 6. The van der Waals surface area contributed by atoms with Gasteiger partial charge in [-0.15, -0.1) is 0 Å². The summed E-state index contributed by atoms with van der Waals surface area (Å²) in [5, 5.41) is 8.58. The highest BCUT2D eigenvalue weighted by Gasteiger charge is 2.34. The highest BCUT2D eigenvalue weighted by molar-refractivity contribution is 5.89. The fraction of sp³-hybridized carbons (Fsp3) is 0.391. The van der Waals surface area contributed by atoms with Crippen molar-refractivity contribution in [1.29, 1.82) is 0 Å². The lowest BCUT2D eigenvalue weighted by Gasteiger charge is -2.40. The van der Waals surface area contributed by atoms with Crippen LogP contribution in [0.25, 0.3) is 10.9 Å². The summed E-state index contributed by atoms with van der Waals surface area (Å²) in [6.45, 7) is 6.68. The van der Waals surface area contributed by atoms with E-state index in [2.05, 4.69) is 83.0 Å². The second kappa shape index (κ2) is 8.25. The molecule has 1 fully saturated rings. The van der Waals surface area contributed by atoms with E-state index in [4.69, 9.17) is 4.74 Å². The number of fused-ring (bicyclic) bond motifs is 1. The predicted molar refractivity (Wildman–Crippen MR) is 114 cm³/mol. The van der Waals surface area contributed by atoms with Crippen LogP contribution >= 0.6 is 0 Å². The van der Waals surface area contributed by atoms with Gasteiger partial charge in [-0.05, 0) is 44.4 Å². The van der Waals surface area contributed by atoms with Crippen LogP contribution in [0.2, 0.25) is 0 Å². The van der Waals surface area contributed by atoms with Crippen molar-refractivity contribution in [1.82, 2.24) is 15.3 Å². The molecule has 4 rings (SSSR count). The second-order valence-corrected chi connectivity index (χ2v) is 7.77. The molecular formula is C23H28N4O. The van der Waals surface area contributed by atoms with Crippen molar-refractivity contribution in [2.24, 2.45) is 0 Å². The van der Waals surface area contributed by atoms with Crippen LogP contribution in [-0.2, 0) is 4.74 Å². The number of hydrogen-bond donors (Lipinski definition) is 2. The van der Waals surface area contributed by atoms with Crippen LogP contribution in [0.3, 0.4) is 0 Å². The van der Waals surface area contributed by atoms with Crippen LogP contribution in [0, 0.1) is 6.92 Å². The first-order valence-corrected chi connectivity index (χ1v) is 10.0. The third-order valence-corrected chi connectivity index (χ3v) is 5.66. The maximum atomic E-state index is 5.66. The number of nitrogens with one attached hydrogen (secondary N) is 2. The lowest BCUT2D eigenvalue weighted by Crippen LogP contribution is -2.54. The molecule has 2 N–H and O–H groups in total. The average molecular weight is 377 g/mol. The number of benzene rings is 2. The number of nitrogens with zero attached hydrogens (tertiary/aromatic N) is 2. The van der Waals surface area contributed by atoms with Crippen LogP contribution in [0.1, 0.15) is 36.9 Å². The number of ether oxygens (including phenoxy) is 1. The largest absolute Gasteiger partial charge is 0.381 e. The van der Waals surface area contributed by atoms with E-state index in [0.29, 0.717) is 0 Å². The topological polar surface area (TPSA) is 59.1 Å². The van der Waals surface area contributed by atoms with Crippen LogP contribution in [0.15, 0.2) is 54.9 Å². The van der Waals surface area contributed by atoms with E-state index in [1.54, 1.807) is 6.33 Å². The van der Waals surface area contributed by atoms with Crippen molar-refractivity contribution < 1.29 is 4.74 Å². The van der Waals surface area contributed by atoms with Gasteiger partial charge < -0.3 is 15.4 Å². The van der Waals surface area contributed by atoms with Gasteiger partial charge in [-0.25, -0.2) is 9.97 Å². The molecule has 0 aliphatic carbocycles. The standard InChI is InChI=1S/C23H28N4O/c1-17-8-9-21-20(14-17)22(26-16-25-21)24-15-23(10-12-28-13-11-23)27-18(2)19-6-4-3-5-7-19/h3-9,14,16,18,27H,10-13,15H2,1-2H3,(H,24,25,26). The molecule has 1 unspecified atom stereocenters. The monoisotopic (exact) mass is 376 g/mol. The summed E-state index contributed by atoms with van der Waals surface area (Å²) in [5.41, 5.74) is 3.45. The van der Waals surface area contributed by atoms with Gasteiger partial charge >= 0.3 is 0 Å². The lowest BCUT2D eigenvalue weighted by atomic mass is 9.88. The second-order valence-electron chi connectivity index (χ2n) is 7.77. The zero-order valence-corrected chi connectivity index (χ0v) is 16.6. The van der Waals surface area contributed by atoms with Crippen LogP contribution < -0.4 is 10.6 Å². The number of aryl methyl sites for hydroxylation is 1. The van der Waals surface area contributed by atoms with Gasteiger partial charge in [-0.3, -0.25) is 0 Å². The van der Waals surface area contributed by atoms with Crippen molar-refractivity contribution in [3.05, 3.63) is 66.0 Å². The Morgan fingerprint density at radius 1 is 1.07 bits per heavy atom. The van der Waals surface area contributed by atoms with E-state index >= 15 is 0 Å². The molecule has 2 heterocycles. The Balaban J connectivity index is 1.55. The van der Waals surface area contributed by atoms with Gasteiger partial charge in [0, 0.05) is 36.7 Å². The Labute approximate surface area is 166 Å². The van der Waals surface area contributed by atoms with E-state index in [0.717, 1.165) is 49.3 Å². The number of anilines is 1. The Morgan fingerprint density at radius 3 is 2.64 bits per heavy atom. The molecule has 0 bridgehead atoms. The first-order valence-electron chi connectivity index (χ1n) is 10.0. The molecule has 0 spiro atoms. The molecule has 2 aromatic carbocycles. The normalized spacial score (nSPS) is 17.4. The number of aromatic nitrogens is 2. The van der Waals surface area contributed by atoms with Crippen molar-refractivity contribution in [2.75, 3.05) is 25.1 Å². The lowest BCUT2D eigenvalue weighted by molar-refractivity contribution is 0.0389. The first kappa shape index (κ1) is 18.8. The number of hydrogen-bond acceptors (Lipinski definition) is 5. The van der Waals surface area contributed by atoms with Gasteiger partial charge in [-0.1, -0.05) is 42.0 Å². The van der Waals surface area contributed by atoms with Gasteiger partial charge in [0.15, 0.2) is 0 Å². The van der Waals surface area contributed by atoms with E-state index in [-0.39, 0.29) is 11.6 Å². The third-order valence-electron chi connectivity index (χ3n) is 5.66. The molecule has 1 aliphatic heterocycles. The fourth-order valence-corrected chi connectivity index (χ4v) is 3.98. The molecule has 0 saturated carbocycles. The summed E-state index contributed by atoms with van der Waals surface area (Å²) in [4.78, 5) is 8.92. The third kappa shape index (κ3) is 4.16. The molecule has 146 valence electrons. The Bertz CT molecular complexity index is 922. The first-order chi connectivity index (χ1) is 13.7. The summed E-state index contributed by atoms with van der Waals surface area (Å²) in [6.07, 6.45) is 3.58. The van der Waals surface area contributed by atoms with Gasteiger partial charge in [0.2, 0.25) is 0 Å². The Kier molecular flexibility index (Phi) is 5.55. The van der Waals surface area contributed by atoms with Crippen LogP contribution in [0.4, 0.5) is 5.82 Å². The molecule has 1 aliphatic rings. The van der Waals surface area contributed by atoms with E-state index in [1.807, 2.05) is 0 Å². The molecular weight excluding hydrogens is 348 g/mol. The average Bonchev–Trinajstić information content (AvgIpc) is 2.73. The highest BCUT2D eigenvalue weighted by atomic mass is 16.5. The smallest absolute Gasteiger partial charge is 0.137 e. The molecule has 1 saturated heterocycles. The van der Waals surface area contributed by atoms with Gasteiger partial charge in [-0.2, -0.15) is 0 Å². The molecule has 5 nitrogen and oxygen atoms in total. The molecule has 0 radical (unpaired) electrons. The van der Waals surface area contributed by atoms with Crippen molar-refractivity contribution in [3.8, 4) is 0 Å². The summed E-state index contributed by atoms with van der Waals surface area (Å²) < 4.78 is 5.66. The van der Waals surface area contributed by atoms with Crippen LogP contribution in [0.5, 0.6) is 0 Å². The van der Waals surface area contributed by atoms with Gasteiger partial charge in [0.25, 0.3) is 0 Å². The maximum absolute atomic E-state index is 5.66. The minimum absolute atomic E-state index is 0.0331.